The predicted molar refractivity (Wildman–Crippen MR) is 130 cm³/mol. The van der Waals surface area contributed by atoms with Crippen LogP contribution in [0.4, 0.5) is 5.69 Å². The van der Waals surface area contributed by atoms with Gasteiger partial charge in [0.1, 0.15) is 6.54 Å². The van der Waals surface area contributed by atoms with Crippen molar-refractivity contribution in [3.05, 3.63) is 58.6 Å². The normalized spacial score (nSPS) is 16.1. The molecule has 9 heteroatoms. The Bertz CT molecular complexity index is 1180. The van der Waals surface area contributed by atoms with Gasteiger partial charge in [-0.25, -0.2) is 4.68 Å². The van der Waals surface area contributed by atoms with Crippen LogP contribution in [-0.2, 0) is 24.2 Å². The van der Waals surface area contributed by atoms with Crippen molar-refractivity contribution >= 4 is 29.1 Å². The summed E-state index contributed by atoms with van der Waals surface area (Å²) in [6.07, 6.45) is 12.6. The molecule has 3 aromatic rings. The summed E-state index contributed by atoms with van der Waals surface area (Å²) in [5.41, 5.74) is 3.97. The highest BCUT2D eigenvalue weighted by Crippen LogP contribution is 2.27. The minimum Gasteiger partial charge on any atom is -0.352 e. The van der Waals surface area contributed by atoms with Gasteiger partial charge < -0.3 is 10.6 Å². The topological polar surface area (TPSA) is 93.8 Å². The van der Waals surface area contributed by atoms with E-state index in [1.165, 1.54) is 12.8 Å². The highest BCUT2D eigenvalue weighted by molar-refractivity contribution is 6.30. The monoisotopic (exact) mass is 480 g/mol. The third-order valence-electron chi connectivity index (χ3n) is 6.63. The predicted octanol–water partition coefficient (Wildman–Crippen LogP) is 4.30. The minimum absolute atomic E-state index is 0.0556. The van der Waals surface area contributed by atoms with Crippen LogP contribution in [0.5, 0.6) is 0 Å². The fourth-order valence-electron chi connectivity index (χ4n) is 4.95. The van der Waals surface area contributed by atoms with Gasteiger partial charge >= 0.3 is 0 Å². The number of anilines is 1. The second kappa shape index (κ2) is 10.0. The highest BCUT2D eigenvalue weighted by atomic mass is 35.5. The van der Waals surface area contributed by atoms with E-state index < -0.39 is 0 Å². The van der Waals surface area contributed by atoms with Gasteiger partial charge in [0.2, 0.25) is 5.91 Å². The maximum absolute atomic E-state index is 13.2. The quantitative estimate of drug-likeness (QED) is 0.514. The van der Waals surface area contributed by atoms with E-state index >= 15 is 0 Å². The maximum atomic E-state index is 13.2. The number of nitrogens with one attached hydrogen (secondary N) is 2. The van der Waals surface area contributed by atoms with E-state index in [-0.39, 0.29) is 24.4 Å². The van der Waals surface area contributed by atoms with Crippen molar-refractivity contribution in [2.75, 3.05) is 5.32 Å². The lowest BCUT2D eigenvalue weighted by atomic mass is 10.1. The van der Waals surface area contributed by atoms with E-state index in [4.69, 9.17) is 16.7 Å². The number of halogens is 1. The summed E-state index contributed by atoms with van der Waals surface area (Å²) in [4.78, 5) is 25.5. The zero-order chi connectivity index (χ0) is 23.5. The molecule has 2 heterocycles. The Hall–Kier alpha value is -3.13. The highest BCUT2D eigenvalue weighted by Gasteiger charge is 2.25. The summed E-state index contributed by atoms with van der Waals surface area (Å²) in [5, 5.41) is 15.6. The Kier molecular flexibility index (Phi) is 6.67. The van der Waals surface area contributed by atoms with Crippen LogP contribution in [-0.4, -0.2) is 37.4 Å². The number of carbonyl (C=O) groups excluding carboxylic acids is 2. The Morgan fingerprint density at radius 1 is 1.03 bits per heavy atom. The lowest BCUT2D eigenvalue weighted by Gasteiger charge is -2.11. The molecule has 0 spiro atoms. The van der Waals surface area contributed by atoms with Gasteiger partial charge in [-0.1, -0.05) is 30.9 Å². The summed E-state index contributed by atoms with van der Waals surface area (Å²) in [6.45, 7) is 0.132. The van der Waals surface area contributed by atoms with E-state index in [0.29, 0.717) is 16.4 Å². The molecule has 2 aliphatic carbocycles. The fourth-order valence-corrected chi connectivity index (χ4v) is 5.08. The molecule has 0 radical (unpaired) electrons. The molecule has 2 aromatic heterocycles. The second-order valence-corrected chi connectivity index (χ2v) is 9.59. The molecular formula is C25H29ClN6O2. The van der Waals surface area contributed by atoms with Gasteiger partial charge in [-0.2, -0.15) is 10.2 Å². The zero-order valence-electron chi connectivity index (χ0n) is 19.1. The Morgan fingerprint density at radius 2 is 1.79 bits per heavy atom. The number of amides is 2. The first-order valence-electron chi connectivity index (χ1n) is 12.1. The Morgan fingerprint density at radius 3 is 2.59 bits per heavy atom. The molecule has 178 valence electrons. The number of aromatic nitrogens is 4. The molecule has 0 aliphatic heterocycles. The Balaban J connectivity index is 1.32. The Labute approximate surface area is 203 Å². The van der Waals surface area contributed by atoms with Gasteiger partial charge in [0.05, 0.1) is 17.6 Å². The SMILES string of the molecule is O=C(Cn1cc(NC(=O)c2nn(-c3ccc(Cl)cc3)c3c2CCCCC3)cn1)NC1CCCC1. The van der Waals surface area contributed by atoms with E-state index in [1.54, 1.807) is 17.1 Å². The zero-order valence-corrected chi connectivity index (χ0v) is 19.9. The van der Waals surface area contributed by atoms with Crippen LogP contribution in [0.15, 0.2) is 36.7 Å². The molecular weight excluding hydrogens is 452 g/mol. The van der Waals surface area contributed by atoms with Gasteiger partial charge in [0.15, 0.2) is 5.69 Å². The first-order valence-corrected chi connectivity index (χ1v) is 12.4. The third-order valence-corrected chi connectivity index (χ3v) is 6.89. The molecule has 1 aromatic carbocycles. The number of benzene rings is 1. The minimum atomic E-state index is -0.263. The molecule has 8 nitrogen and oxygen atoms in total. The lowest BCUT2D eigenvalue weighted by Crippen LogP contribution is -2.35. The fraction of sp³-hybridized carbons (Fsp3) is 0.440. The summed E-state index contributed by atoms with van der Waals surface area (Å²) >= 11 is 6.06. The molecule has 1 fully saturated rings. The van der Waals surface area contributed by atoms with Crippen molar-refractivity contribution in [3.8, 4) is 5.69 Å². The molecule has 0 bridgehead atoms. The molecule has 2 aliphatic rings. The first-order chi connectivity index (χ1) is 16.6. The van der Waals surface area contributed by atoms with Crippen molar-refractivity contribution in [2.45, 2.75) is 70.4 Å². The van der Waals surface area contributed by atoms with Gasteiger partial charge in [-0.15, -0.1) is 0 Å². The number of hydrogen-bond acceptors (Lipinski definition) is 4. The first kappa shape index (κ1) is 22.7. The van der Waals surface area contributed by atoms with Crippen molar-refractivity contribution in [1.82, 2.24) is 24.9 Å². The van der Waals surface area contributed by atoms with Gasteiger partial charge in [-0.05, 0) is 62.8 Å². The van der Waals surface area contributed by atoms with Crippen LogP contribution < -0.4 is 10.6 Å². The van der Waals surface area contributed by atoms with Crippen LogP contribution >= 0.6 is 11.6 Å². The number of hydrogen-bond donors (Lipinski definition) is 2. The molecule has 2 N–H and O–H groups in total. The lowest BCUT2D eigenvalue weighted by molar-refractivity contribution is -0.122. The van der Waals surface area contributed by atoms with Crippen LogP contribution in [0.2, 0.25) is 5.02 Å². The average Bonchev–Trinajstić information content (AvgIpc) is 3.52. The number of carbonyl (C=O) groups is 2. The summed E-state index contributed by atoms with van der Waals surface area (Å²) in [7, 11) is 0. The summed E-state index contributed by atoms with van der Waals surface area (Å²) in [6, 6.07) is 7.77. The summed E-state index contributed by atoms with van der Waals surface area (Å²) in [5.74, 6) is -0.319. The summed E-state index contributed by atoms with van der Waals surface area (Å²) < 4.78 is 3.43. The number of nitrogens with zero attached hydrogens (tertiary/aromatic N) is 4. The molecule has 1 saturated carbocycles. The van der Waals surface area contributed by atoms with Gasteiger partial charge in [0.25, 0.3) is 5.91 Å². The third kappa shape index (κ3) is 5.01. The number of fused-ring (bicyclic) bond motifs is 1. The van der Waals surface area contributed by atoms with Gasteiger partial charge in [0, 0.05) is 28.5 Å². The molecule has 34 heavy (non-hydrogen) atoms. The molecule has 0 unspecified atom stereocenters. The maximum Gasteiger partial charge on any atom is 0.276 e. The van der Waals surface area contributed by atoms with E-state index in [9.17, 15) is 9.59 Å². The smallest absolute Gasteiger partial charge is 0.276 e. The van der Waals surface area contributed by atoms with Crippen LogP contribution in [0.1, 0.15) is 66.7 Å². The van der Waals surface area contributed by atoms with E-state index in [2.05, 4.69) is 15.7 Å². The standard InChI is InChI=1S/C25H29ClN6O2/c26-17-10-12-20(13-11-17)32-22-9-3-1-2-8-21(22)24(30-32)25(34)29-19-14-27-31(15-19)16-23(33)28-18-6-4-5-7-18/h10-15,18H,1-9,16H2,(H,28,33)(H,29,34). The van der Waals surface area contributed by atoms with Gasteiger partial charge in [-0.3, -0.25) is 14.3 Å². The second-order valence-electron chi connectivity index (χ2n) is 9.15. The van der Waals surface area contributed by atoms with Crippen molar-refractivity contribution in [1.29, 1.82) is 0 Å². The van der Waals surface area contributed by atoms with E-state index in [1.807, 2.05) is 28.9 Å². The number of rotatable bonds is 6. The van der Waals surface area contributed by atoms with Crippen LogP contribution in [0.3, 0.4) is 0 Å². The molecule has 2 amide bonds. The molecule has 5 rings (SSSR count). The van der Waals surface area contributed by atoms with Crippen molar-refractivity contribution in [3.63, 3.8) is 0 Å². The van der Waals surface area contributed by atoms with Crippen LogP contribution in [0.25, 0.3) is 5.69 Å². The van der Waals surface area contributed by atoms with Crippen molar-refractivity contribution < 1.29 is 9.59 Å². The largest absolute Gasteiger partial charge is 0.352 e. The average molecular weight is 481 g/mol. The van der Waals surface area contributed by atoms with Crippen LogP contribution in [0, 0.1) is 0 Å². The van der Waals surface area contributed by atoms with E-state index in [0.717, 1.165) is 61.9 Å². The van der Waals surface area contributed by atoms with Crippen molar-refractivity contribution in [2.24, 2.45) is 0 Å². The molecule has 0 saturated heterocycles. The molecule has 0 atom stereocenters.